The maximum atomic E-state index is 13.2. The number of fused-ring (bicyclic) bond motifs is 5. The van der Waals surface area contributed by atoms with Gasteiger partial charge in [0.15, 0.2) is 0 Å². The van der Waals surface area contributed by atoms with Crippen molar-refractivity contribution in [2.45, 2.75) is 52.4 Å². The number of aromatic nitrogens is 1. The van der Waals surface area contributed by atoms with Crippen LogP contribution in [-0.2, 0) is 4.79 Å². The Labute approximate surface area is 176 Å². The molecule has 1 aromatic heterocycles. The number of nitrogens with zero attached hydrogens (tertiary/aromatic N) is 1. The van der Waals surface area contributed by atoms with Gasteiger partial charge in [-0.1, -0.05) is 37.1 Å². The first kappa shape index (κ1) is 19.7. The van der Waals surface area contributed by atoms with Crippen LogP contribution in [-0.4, -0.2) is 17.4 Å². The summed E-state index contributed by atoms with van der Waals surface area (Å²) in [6, 6.07) is 1.60. The molecule has 0 radical (unpaired) electrons. The highest BCUT2D eigenvalue weighted by atomic mass is 19.3. The number of nitrogens with one attached hydrogen (secondary N) is 1. The standard InChI is InChI=1S/C25H28F2N2O/c1-24-9-10-29-22(30)12-17(24)3-4-18-20-6-5-19(25(20,2)8-7-21(18)24)15-11-16(23(26)27)14-28-13-15/h5-6,11-14,18,21,23H,3-4,7-10H2,1-2H3,(H,29,30). The van der Waals surface area contributed by atoms with Gasteiger partial charge in [0.1, 0.15) is 0 Å². The predicted molar refractivity (Wildman–Crippen MR) is 113 cm³/mol. The first-order valence-electron chi connectivity index (χ1n) is 11.0. The lowest BCUT2D eigenvalue weighted by molar-refractivity contribution is -0.116. The molecule has 2 saturated carbocycles. The summed E-state index contributed by atoms with van der Waals surface area (Å²) in [4.78, 5) is 16.2. The second-order valence-electron chi connectivity index (χ2n) is 9.76. The van der Waals surface area contributed by atoms with Gasteiger partial charge in [-0.05, 0) is 66.6 Å². The second-order valence-corrected chi connectivity index (χ2v) is 9.76. The number of rotatable bonds is 2. The molecule has 3 nitrogen and oxygen atoms in total. The topological polar surface area (TPSA) is 42.0 Å². The van der Waals surface area contributed by atoms with Crippen molar-refractivity contribution in [1.29, 1.82) is 0 Å². The lowest BCUT2D eigenvalue weighted by Gasteiger charge is -2.55. The Balaban J connectivity index is 1.47. The van der Waals surface area contributed by atoms with Crippen molar-refractivity contribution in [3.05, 3.63) is 59.0 Å². The highest BCUT2D eigenvalue weighted by Gasteiger charge is 2.54. The van der Waals surface area contributed by atoms with Crippen molar-refractivity contribution in [1.82, 2.24) is 10.3 Å². The maximum absolute atomic E-state index is 13.2. The van der Waals surface area contributed by atoms with Crippen LogP contribution in [0.1, 0.15) is 63.5 Å². The van der Waals surface area contributed by atoms with Crippen molar-refractivity contribution in [2.24, 2.45) is 22.7 Å². The molecule has 0 bridgehead atoms. The number of alkyl halides is 2. The van der Waals surface area contributed by atoms with Crippen LogP contribution in [0.15, 0.2) is 47.8 Å². The van der Waals surface area contributed by atoms with Gasteiger partial charge < -0.3 is 5.32 Å². The van der Waals surface area contributed by atoms with Crippen molar-refractivity contribution in [2.75, 3.05) is 6.54 Å². The number of hydrogen-bond acceptors (Lipinski definition) is 2. The fourth-order valence-corrected chi connectivity index (χ4v) is 6.70. The molecule has 30 heavy (non-hydrogen) atoms. The molecule has 0 aromatic carbocycles. The van der Waals surface area contributed by atoms with E-state index in [4.69, 9.17) is 0 Å². The van der Waals surface area contributed by atoms with E-state index in [2.05, 4.69) is 36.3 Å². The zero-order valence-electron chi connectivity index (χ0n) is 17.6. The molecule has 158 valence electrons. The molecule has 2 fully saturated rings. The highest BCUT2D eigenvalue weighted by molar-refractivity contribution is 5.89. The van der Waals surface area contributed by atoms with Crippen LogP contribution in [0.3, 0.4) is 0 Å². The predicted octanol–water partition coefficient (Wildman–Crippen LogP) is 5.62. The summed E-state index contributed by atoms with van der Waals surface area (Å²) in [6.07, 6.45) is 11.8. The van der Waals surface area contributed by atoms with Crippen LogP contribution in [0.25, 0.3) is 5.57 Å². The van der Waals surface area contributed by atoms with Gasteiger partial charge >= 0.3 is 0 Å². The first-order valence-corrected chi connectivity index (χ1v) is 11.0. The molecule has 1 amide bonds. The van der Waals surface area contributed by atoms with E-state index in [0.29, 0.717) is 11.8 Å². The van der Waals surface area contributed by atoms with Gasteiger partial charge in [-0.15, -0.1) is 0 Å². The van der Waals surface area contributed by atoms with Crippen LogP contribution in [0.2, 0.25) is 0 Å². The van der Waals surface area contributed by atoms with Gasteiger partial charge in [-0.2, -0.15) is 0 Å². The fourth-order valence-electron chi connectivity index (χ4n) is 6.70. The van der Waals surface area contributed by atoms with E-state index in [0.717, 1.165) is 49.8 Å². The third-order valence-electron chi connectivity index (χ3n) is 8.35. The molecule has 1 aliphatic heterocycles. The van der Waals surface area contributed by atoms with E-state index in [9.17, 15) is 13.6 Å². The van der Waals surface area contributed by atoms with Crippen LogP contribution >= 0.6 is 0 Å². The third-order valence-corrected chi connectivity index (χ3v) is 8.35. The normalized spacial score (nSPS) is 35.4. The van der Waals surface area contributed by atoms with Gasteiger partial charge in [-0.3, -0.25) is 9.78 Å². The zero-order chi connectivity index (χ0) is 21.1. The van der Waals surface area contributed by atoms with Crippen molar-refractivity contribution < 1.29 is 13.6 Å². The minimum Gasteiger partial charge on any atom is -0.353 e. The van der Waals surface area contributed by atoms with E-state index < -0.39 is 6.43 Å². The van der Waals surface area contributed by atoms with Gasteiger partial charge in [0, 0.05) is 36.0 Å². The number of pyridine rings is 1. The number of halogens is 2. The highest BCUT2D eigenvalue weighted by Crippen LogP contribution is 2.64. The Bertz CT molecular complexity index is 995. The molecule has 4 aliphatic rings. The molecule has 2 heterocycles. The average molecular weight is 411 g/mol. The van der Waals surface area contributed by atoms with Gasteiger partial charge in [0.25, 0.3) is 6.43 Å². The minimum absolute atomic E-state index is 0.0188. The molecular formula is C25H28F2N2O. The Hall–Kier alpha value is -2.30. The van der Waals surface area contributed by atoms with E-state index in [1.807, 2.05) is 6.08 Å². The summed E-state index contributed by atoms with van der Waals surface area (Å²) >= 11 is 0. The monoisotopic (exact) mass is 410 g/mol. The summed E-state index contributed by atoms with van der Waals surface area (Å²) in [5.74, 6) is 1.03. The largest absolute Gasteiger partial charge is 0.353 e. The van der Waals surface area contributed by atoms with Gasteiger partial charge in [0.05, 0.1) is 0 Å². The minimum atomic E-state index is -2.51. The molecule has 5 rings (SSSR count). The molecule has 0 saturated heterocycles. The first-order chi connectivity index (χ1) is 14.3. The fraction of sp³-hybridized carbons (Fsp3) is 0.520. The summed E-state index contributed by atoms with van der Waals surface area (Å²) in [5, 5.41) is 3.01. The quantitative estimate of drug-likeness (QED) is 0.687. The second kappa shape index (κ2) is 6.86. The van der Waals surface area contributed by atoms with Crippen molar-refractivity contribution >= 4 is 11.5 Å². The average Bonchev–Trinajstić information content (AvgIpc) is 2.99. The van der Waals surface area contributed by atoms with E-state index in [1.54, 1.807) is 12.3 Å². The van der Waals surface area contributed by atoms with Crippen molar-refractivity contribution in [3.8, 4) is 0 Å². The van der Waals surface area contributed by atoms with E-state index in [1.165, 1.54) is 17.3 Å². The molecule has 1 aromatic rings. The number of hydrogen-bond donors (Lipinski definition) is 1. The molecule has 3 aliphatic carbocycles. The summed E-state index contributed by atoms with van der Waals surface area (Å²) in [6.45, 7) is 5.34. The van der Waals surface area contributed by atoms with Gasteiger partial charge in [0.2, 0.25) is 5.91 Å². The van der Waals surface area contributed by atoms with Gasteiger partial charge in [-0.25, -0.2) is 8.78 Å². The van der Waals surface area contributed by atoms with Crippen molar-refractivity contribution in [3.63, 3.8) is 0 Å². The molecule has 5 heteroatoms. The number of amides is 1. The number of carbonyl (C=O) groups excluding carboxylic acids is 1. The molecule has 4 unspecified atom stereocenters. The molecule has 4 atom stereocenters. The lowest BCUT2D eigenvalue weighted by Crippen LogP contribution is -2.46. The third kappa shape index (κ3) is 2.81. The lowest BCUT2D eigenvalue weighted by atomic mass is 9.49. The van der Waals surface area contributed by atoms with E-state index in [-0.39, 0.29) is 22.3 Å². The Kier molecular flexibility index (Phi) is 4.49. The Morgan fingerprint density at radius 3 is 2.80 bits per heavy atom. The molecular weight excluding hydrogens is 382 g/mol. The Morgan fingerprint density at radius 2 is 2.00 bits per heavy atom. The summed E-state index contributed by atoms with van der Waals surface area (Å²) in [7, 11) is 0. The summed E-state index contributed by atoms with van der Waals surface area (Å²) in [5.41, 5.74) is 4.59. The SMILES string of the molecule is CC12CCC3C(CCC4=CC(=O)NCCC43C)C1=CC=C2c1cncc(C(F)F)c1. The molecule has 0 spiro atoms. The van der Waals surface area contributed by atoms with E-state index >= 15 is 0 Å². The van der Waals surface area contributed by atoms with Crippen LogP contribution in [0.5, 0.6) is 0 Å². The van der Waals surface area contributed by atoms with Crippen LogP contribution in [0, 0.1) is 22.7 Å². The van der Waals surface area contributed by atoms with Crippen LogP contribution in [0.4, 0.5) is 8.78 Å². The zero-order valence-corrected chi connectivity index (χ0v) is 17.6. The smallest absolute Gasteiger partial charge is 0.265 e. The Morgan fingerprint density at radius 1 is 1.17 bits per heavy atom. The number of carbonyl (C=O) groups is 1. The van der Waals surface area contributed by atoms with Crippen LogP contribution < -0.4 is 5.32 Å². The summed E-state index contributed by atoms with van der Waals surface area (Å²) < 4.78 is 26.5. The maximum Gasteiger partial charge on any atom is 0.265 e. The molecule has 1 N–H and O–H groups in total. The number of allylic oxidation sites excluding steroid dienone is 5.